The van der Waals surface area contributed by atoms with Gasteiger partial charge in [0.1, 0.15) is 5.69 Å². The lowest BCUT2D eigenvalue weighted by molar-refractivity contribution is -0.137. The number of rotatable bonds is 4. The molecule has 20 heavy (non-hydrogen) atoms. The molecular formula is C15H18N2O3. The molecule has 0 saturated carbocycles. The third-order valence-electron chi connectivity index (χ3n) is 3.33. The number of amides is 1. The van der Waals surface area contributed by atoms with Crippen molar-refractivity contribution in [2.75, 3.05) is 13.6 Å². The van der Waals surface area contributed by atoms with Crippen LogP contribution in [0.4, 0.5) is 0 Å². The number of carbonyl (C=O) groups excluding carboxylic acids is 1. The Morgan fingerprint density at radius 1 is 1.25 bits per heavy atom. The number of nitrogens with one attached hydrogen (secondary N) is 1. The van der Waals surface area contributed by atoms with E-state index in [0.29, 0.717) is 5.69 Å². The molecular weight excluding hydrogens is 256 g/mol. The van der Waals surface area contributed by atoms with E-state index >= 15 is 0 Å². The maximum Gasteiger partial charge on any atom is 0.305 e. The molecule has 0 bridgehead atoms. The van der Waals surface area contributed by atoms with E-state index < -0.39 is 5.97 Å². The summed E-state index contributed by atoms with van der Waals surface area (Å²) in [5, 5.41) is 9.67. The lowest BCUT2D eigenvalue weighted by Gasteiger charge is -2.14. The van der Waals surface area contributed by atoms with Gasteiger partial charge >= 0.3 is 5.97 Å². The molecule has 0 saturated heterocycles. The summed E-state index contributed by atoms with van der Waals surface area (Å²) in [4.78, 5) is 27.3. The maximum absolute atomic E-state index is 12.2. The van der Waals surface area contributed by atoms with Crippen LogP contribution < -0.4 is 0 Å². The van der Waals surface area contributed by atoms with Gasteiger partial charge in [0.25, 0.3) is 5.91 Å². The second-order valence-electron chi connectivity index (χ2n) is 5.10. The van der Waals surface area contributed by atoms with Gasteiger partial charge in [0, 0.05) is 24.5 Å². The average Bonchev–Trinajstić information content (AvgIpc) is 2.78. The standard InChI is InChI=1S/C15H18N2O3/c1-9-6-10(2)11-8-13(16-12(11)7-9)15(20)17(3)5-4-14(18)19/h6-8,16H,4-5H2,1-3H3,(H,18,19). The van der Waals surface area contributed by atoms with Crippen LogP contribution in [0, 0.1) is 13.8 Å². The van der Waals surface area contributed by atoms with Crippen LogP contribution in [0.1, 0.15) is 28.0 Å². The van der Waals surface area contributed by atoms with Gasteiger partial charge in [-0.25, -0.2) is 0 Å². The highest BCUT2D eigenvalue weighted by molar-refractivity contribution is 5.99. The van der Waals surface area contributed by atoms with Crippen LogP contribution in [-0.4, -0.2) is 40.5 Å². The maximum atomic E-state index is 12.2. The molecule has 5 heteroatoms. The molecule has 0 unspecified atom stereocenters. The smallest absolute Gasteiger partial charge is 0.305 e. The summed E-state index contributed by atoms with van der Waals surface area (Å²) >= 11 is 0. The van der Waals surface area contributed by atoms with E-state index in [1.807, 2.05) is 26.0 Å². The molecule has 0 fully saturated rings. The molecule has 1 aromatic heterocycles. The number of benzene rings is 1. The number of aryl methyl sites for hydroxylation is 2. The second-order valence-corrected chi connectivity index (χ2v) is 5.10. The third-order valence-corrected chi connectivity index (χ3v) is 3.33. The lowest BCUT2D eigenvalue weighted by Crippen LogP contribution is -2.29. The van der Waals surface area contributed by atoms with Crippen molar-refractivity contribution in [2.45, 2.75) is 20.3 Å². The Morgan fingerprint density at radius 3 is 2.60 bits per heavy atom. The fraction of sp³-hybridized carbons (Fsp3) is 0.333. The molecule has 1 amide bonds. The molecule has 0 aliphatic carbocycles. The SMILES string of the molecule is Cc1cc(C)c2cc(C(=O)N(C)CCC(=O)O)[nH]c2c1. The number of aromatic amines is 1. The van der Waals surface area contributed by atoms with Gasteiger partial charge in [0.05, 0.1) is 6.42 Å². The first-order valence-electron chi connectivity index (χ1n) is 6.45. The summed E-state index contributed by atoms with van der Waals surface area (Å²) in [5.41, 5.74) is 3.66. The van der Waals surface area contributed by atoms with E-state index in [0.717, 1.165) is 22.0 Å². The number of aliphatic carboxylic acids is 1. The first-order chi connectivity index (χ1) is 9.38. The van der Waals surface area contributed by atoms with Gasteiger partial charge in [0.2, 0.25) is 0 Å². The predicted octanol–water partition coefficient (Wildman–Crippen LogP) is 2.33. The first kappa shape index (κ1) is 14.1. The number of fused-ring (bicyclic) bond motifs is 1. The highest BCUT2D eigenvalue weighted by Gasteiger charge is 2.15. The zero-order valence-corrected chi connectivity index (χ0v) is 11.9. The van der Waals surface area contributed by atoms with Crippen LogP contribution in [0.25, 0.3) is 10.9 Å². The quantitative estimate of drug-likeness (QED) is 0.898. The molecule has 2 N–H and O–H groups in total. The Labute approximate surface area is 117 Å². The van der Waals surface area contributed by atoms with Crippen LogP contribution in [0.5, 0.6) is 0 Å². The Balaban J connectivity index is 2.26. The van der Waals surface area contributed by atoms with E-state index in [1.54, 1.807) is 7.05 Å². The molecule has 106 valence electrons. The van der Waals surface area contributed by atoms with Gasteiger partial charge < -0.3 is 15.0 Å². The monoisotopic (exact) mass is 274 g/mol. The van der Waals surface area contributed by atoms with Gasteiger partial charge in [-0.3, -0.25) is 9.59 Å². The Bertz CT molecular complexity index is 673. The van der Waals surface area contributed by atoms with Gasteiger partial charge in [-0.1, -0.05) is 6.07 Å². The summed E-state index contributed by atoms with van der Waals surface area (Å²) in [5.74, 6) is -1.10. The highest BCUT2D eigenvalue weighted by atomic mass is 16.4. The Hall–Kier alpha value is -2.30. The van der Waals surface area contributed by atoms with Crippen LogP contribution in [0.2, 0.25) is 0 Å². The number of carbonyl (C=O) groups is 2. The third kappa shape index (κ3) is 2.82. The minimum Gasteiger partial charge on any atom is -0.481 e. The minimum atomic E-state index is -0.909. The van der Waals surface area contributed by atoms with Crippen molar-refractivity contribution >= 4 is 22.8 Å². The first-order valence-corrected chi connectivity index (χ1v) is 6.45. The largest absolute Gasteiger partial charge is 0.481 e. The fourth-order valence-electron chi connectivity index (χ4n) is 2.28. The van der Waals surface area contributed by atoms with Crippen LogP contribution in [0.3, 0.4) is 0 Å². The minimum absolute atomic E-state index is 0.0550. The molecule has 0 atom stereocenters. The Morgan fingerprint density at radius 2 is 1.95 bits per heavy atom. The number of hydrogen-bond donors (Lipinski definition) is 2. The van der Waals surface area contributed by atoms with Crippen molar-refractivity contribution in [3.05, 3.63) is 35.0 Å². The number of H-pyrrole nitrogens is 1. The van der Waals surface area contributed by atoms with E-state index in [-0.39, 0.29) is 18.9 Å². The van der Waals surface area contributed by atoms with Gasteiger partial charge in [-0.05, 0) is 37.1 Å². The van der Waals surface area contributed by atoms with Crippen molar-refractivity contribution in [1.29, 1.82) is 0 Å². The summed E-state index contributed by atoms with van der Waals surface area (Å²) in [7, 11) is 1.61. The van der Waals surface area contributed by atoms with Gasteiger partial charge in [-0.2, -0.15) is 0 Å². The van der Waals surface area contributed by atoms with E-state index in [9.17, 15) is 9.59 Å². The van der Waals surface area contributed by atoms with E-state index in [4.69, 9.17) is 5.11 Å². The fourth-order valence-corrected chi connectivity index (χ4v) is 2.28. The number of nitrogens with zero attached hydrogens (tertiary/aromatic N) is 1. The number of hydrogen-bond acceptors (Lipinski definition) is 2. The van der Waals surface area contributed by atoms with E-state index in [2.05, 4.69) is 11.1 Å². The zero-order valence-electron chi connectivity index (χ0n) is 11.9. The summed E-state index contributed by atoms with van der Waals surface area (Å²) < 4.78 is 0. The van der Waals surface area contributed by atoms with Crippen LogP contribution in [0.15, 0.2) is 18.2 Å². The molecule has 0 spiro atoms. The van der Waals surface area contributed by atoms with Gasteiger partial charge in [-0.15, -0.1) is 0 Å². The molecule has 0 aliphatic rings. The summed E-state index contributed by atoms with van der Waals surface area (Å²) in [6, 6.07) is 5.89. The number of carboxylic acids is 1. The number of aromatic nitrogens is 1. The zero-order chi connectivity index (χ0) is 14.9. The molecule has 1 heterocycles. The van der Waals surface area contributed by atoms with Gasteiger partial charge in [0.15, 0.2) is 0 Å². The molecule has 2 rings (SSSR count). The Kier molecular flexibility index (Phi) is 3.79. The topological polar surface area (TPSA) is 73.4 Å². The molecule has 0 aliphatic heterocycles. The predicted molar refractivity (Wildman–Crippen MR) is 77.0 cm³/mol. The van der Waals surface area contributed by atoms with Crippen molar-refractivity contribution < 1.29 is 14.7 Å². The molecule has 2 aromatic rings. The van der Waals surface area contributed by atoms with Crippen molar-refractivity contribution in [3.8, 4) is 0 Å². The van der Waals surface area contributed by atoms with Crippen LogP contribution >= 0.6 is 0 Å². The second kappa shape index (κ2) is 5.36. The molecule has 0 radical (unpaired) electrons. The normalized spacial score (nSPS) is 10.8. The number of carboxylic acid groups (broad SMARTS) is 1. The van der Waals surface area contributed by atoms with Crippen molar-refractivity contribution in [1.82, 2.24) is 9.88 Å². The van der Waals surface area contributed by atoms with Crippen LogP contribution in [-0.2, 0) is 4.79 Å². The average molecular weight is 274 g/mol. The molecule has 5 nitrogen and oxygen atoms in total. The lowest BCUT2D eigenvalue weighted by atomic mass is 10.1. The van der Waals surface area contributed by atoms with Crippen molar-refractivity contribution in [2.24, 2.45) is 0 Å². The van der Waals surface area contributed by atoms with Crippen molar-refractivity contribution in [3.63, 3.8) is 0 Å². The summed E-state index contributed by atoms with van der Waals surface area (Å²) in [6.07, 6.45) is -0.0550. The highest BCUT2D eigenvalue weighted by Crippen LogP contribution is 2.22. The van der Waals surface area contributed by atoms with E-state index in [1.165, 1.54) is 4.90 Å². The molecule has 1 aromatic carbocycles. The summed E-state index contributed by atoms with van der Waals surface area (Å²) in [6.45, 7) is 4.21.